The van der Waals surface area contributed by atoms with Crippen LogP contribution in [-0.2, 0) is 10.2 Å². The van der Waals surface area contributed by atoms with Crippen LogP contribution in [0, 0.1) is 12.7 Å². The van der Waals surface area contributed by atoms with Crippen molar-refractivity contribution in [1.29, 1.82) is 0 Å². The average Bonchev–Trinajstić information content (AvgIpc) is 3.10. The summed E-state index contributed by atoms with van der Waals surface area (Å²) in [6.07, 6.45) is 0. The molecule has 0 aliphatic carbocycles. The van der Waals surface area contributed by atoms with Crippen LogP contribution in [0.1, 0.15) is 5.69 Å². The summed E-state index contributed by atoms with van der Waals surface area (Å²) in [7, 11) is -3.82. The average molecular weight is 422 g/mol. The highest BCUT2D eigenvalue weighted by atomic mass is 32.2. The summed E-state index contributed by atoms with van der Waals surface area (Å²) in [6.45, 7) is 1.91. The van der Waals surface area contributed by atoms with Crippen molar-refractivity contribution in [1.82, 2.24) is 9.78 Å². The highest BCUT2D eigenvalue weighted by Crippen LogP contribution is 2.28. The molecule has 30 heavy (non-hydrogen) atoms. The van der Waals surface area contributed by atoms with Crippen molar-refractivity contribution in [2.24, 2.45) is 5.14 Å². The van der Waals surface area contributed by atoms with Gasteiger partial charge in [0, 0.05) is 11.3 Å². The number of benzene rings is 3. The normalized spacial score (nSPS) is 11.4. The second-order valence-corrected chi connectivity index (χ2v) is 8.16. The van der Waals surface area contributed by atoms with Crippen LogP contribution in [0.15, 0.2) is 78.9 Å². The van der Waals surface area contributed by atoms with Crippen molar-refractivity contribution in [3.05, 3.63) is 90.4 Å². The van der Waals surface area contributed by atoms with E-state index in [9.17, 15) is 12.8 Å². The van der Waals surface area contributed by atoms with Gasteiger partial charge >= 0.3 is 0 Å². The Kier molecular flexibility index (Phi) is 5.11. The van der Waals surface area contributed by atoms with E-state index < -0.39 is 10.2 Å². The monoisotopic (exact) mass is 422 g/mol. The molecule has 0 bridgehead atoms. The fourth-order valence-electron chi connectivity index (χ4n) is 3.21. The lowest BCUT2D eigenvalue weighted by molar-refractivity contribution is 0.603. The summed E-state index contributed by atoms with van der Waals surface area (Å²) in [5.74, 6) is -0.264. The first-order valence-electron chi connectivity index (χ1n) is 9.12. The number of aryl methyl sites for hydroxylation is 1. The first-order chi connectivity index (χ1) is 14.3. The molecule has 0 amide bonds. The van der Waals surface area contributed by atoms with Crippen LogP contribution in [0.5, 0.6) is 0 Å². The van der Waals surface area contributed by atoms with Gasteiger partial charge in [0.15, 0.2) is 0 Å². The number of hydrogen-bond acceptors (Lipinski definition) is 3. The van der Waals surface area contributed by atoms with Crippen molar-refractivity contribution in [3.8, 4) is 28.1 Å². The Bertz CT molecular complexity index is 1280. The largest absolute Gasteiger partial charge is 0.296 e. The molecule has 8 heteroatoms. The Morgan fingerprint density at radius 3 is 1.97 bits per heavy atom. The van der Waals surface area contributed by atoms with Gasteiger partial charge in [-0.3, -0.25) is 4.72 Å². The fraction of sp³-hybridized carbons (Fsp3) is 0.0455. The predicted molar refractivity (Wildman–Crippen MR) is 116 cm³/mol. The minimum Gasteiger partial charge on any atom is -0.271 e. The SMILES string of the molecule is Cc1cc(-c2ccc(-c3ccc(F)cc3)cc2)n(-c2ccc(NS(N)(=O)=O)cc2)n1. The highest BCUT2D eigenvalue weighted by Gasteiger charge is 2.11. The van der Waals surface area contributed by atoms with Gasteiger partial charge in [0.2, 0.25) is 0 Å². The molecule has 0 unspecified atom stereocenters. The number of aromatic nitrogens is 2. The Balaban J connectivity index is 1.65. The second-order valence-electron chi connectivity index (χ2n) is 6.86. The molecule has 1 aromatic heterocycles. The molecule has 0 saturated heterocycles. The molecule has 0 spiro atoms. The minimum absolute atomic E-state index is 0.264. The summed E-state index contributed by atoms with van der Waals surface area (Å²) >= 11 is 0. The molecule has 1 heterocycles. The fourth-order valence-corrected chi connectivity index (χ4v) is 3.68. The Morgan fingerprint density at radius 1 is 0.867 bits per heavy atom. The van der Waals surface area contributed by atoms with Gasteiger partial charge in [-0.05, 0) is 60.5 Å². The third kappa shape index (κ3) is 4.40. The van der Waals surface area contributed by atoms with E-state index >= 15 is 0 Å². The van der Waals surface area contributed by atoms with E-state index in [2.05, 4.69) is 9.82 Å². The quantitative estimate of drug-likeness (QED) is 0.503. The summed E-state index contributed by atoms with van der Waals surface area (Å²) in [5, 5.41) is 9.57. The lowest BCUT2D eigenvalue weighted by Gasteiger charge is -2.10. The molecular formula is C22H19FN4O2S. The van der Waals surface area contributed by atoms with Gasteiger partial charge in [-0.2, -0.15) is 13.5 Å². The number of hydrogen-bond donors (Lipinski definition) is 2. The smallest absolute Gasteiger partial charge is 0.271 e. The van der Waals surface area contributed by atoms with Gasteiger partial charge < -0.3 is 0 Å². The Hall–Kier alpha value is -3.49. The first kappa shape index (κ1) is 19.8. The second kappa shape index (κ2) is 7.74. The Morgan fingerprint density at radius 2 is 1.40 bits per heavy atom. The summed E-state index contributed by atoms with van der Waals surface area (Å²) in [4.78, 5) is 0. The van der Waals surface area contributed by atoms with Gasteiger partial charge in [-0.25, -0.2) is 14.2 Å². The molecule has 4 aromatic rings. The number of nitrogens with zero attached hydrogens (tertiary/aromatic N) is 2. The molecule has 0 aliphatic rings. The van der Waals surface area contributed by atoms with Crippen LogP contribution in [-0.4, -0.2) is 18.2 Å². The lowest BCUT2D eigenvalue weighted by atomic mass is 10.0. The molecule has 3 N–H and O–H groups in total. The molecule has 152 valence electrons. The predicted octanol–water partition coefficient (Wildman–Crippen LogP) is 4.27. The number of anilines is 1. The van der Waals surface area contributed by atoms with E-state index in [1.165, 1.54) is 12.1 Å². The van der Waals surface area contributed by atoms with Crippen LogP contribution >= 0.6 is 0 Å². The zero-order valence-electron chi connectivity index (χ0n) is 16.1. The third-order valence-electron chi connectivity index (χ3n) is 4.56. The molecule has 0 saturated carbocycles. The van der Waals surface area contributed by atoms with Crippen LogP contribution in [0.4, 0.5) is 10.1 Å². The maximum atomic E-state index is 13.2. The molecule has 0 atom stereocenters. The van der Waals surface area contributed by atoms with Gasteiger partial charge in [-0.15, -0.1) is 0 Å². The molecule has 4 rings (SSSR count). The Labute approximate surface area is 174 Å². The van der Waals surface area contributed by atoms with Gasteiger partial charge in [0.05, 0.1) is 17.1 Å². The maximum absolute atomic E-state index is 13.2. The van der Waals surface area contributed by atoms with Crippen LogP contribution in [0.25, 0.3) is 28.1 Å². The molecule has 0 radical (unpaired) electrons. The standard InChI is InChI=1S/C22H19FN4O2S/c1-15-14-22(18-4-2-16(3-5-18)17-6-8-19(23)9-7-17)27(25-15)21-12-10-20(11-13-21)26-30(24,28)29/h2-14,26H,1H3,(H2,24,28,29). The van der Waals surface area contributed by atoms with E-state index in [-0.39, 0.29) is 5.82 Å². The maximum Gasteiger partial charge on any atom is 0.296 e. The molecule has 6 nitrogen and oxygen atoms in total. The zero-order valence-corrected chi connectivity index (χ0v) is 16.9. The summed E-state index contributed by atoms with van der Waals surface area (Å²) < 4.78 is 39.5. The van der Waals surface area contributed by atoms with E-state index in [1.54, 1.807) is 41.1 Å². The molecule has 0 fully saturated rings. The van der Waals surface area contributed by atoms with Crippen molar-refractivity contribution in [2.75, 3.05) is 4.72 Å². The summed E-state index contributed by atoms with van der Waals surface area (Å²) in [6, 6.07) is 23.1. The van der Waals surface area contributed by atoms with Crippen molar-refractivity contribution >= 4 is 15.9 Å². The van der Waals surface area contributed by atoms with Crippen LogP contribution < -0.4 is 9.86 Å². The number of nitrogens with one attached hydrogen (secondary N) is 1. The zero-order chi connectivity index (χ0) is 21.3. The van der Waals surface area contributed by atoms with E-state index in [0.717, 1.165) is 33.8 Å². The number of halogens is 1. The van der Waals surface area contributed by atoms with Crippen molar-refractivity contribution < 1.29 is 12.8 Å². The van der Waals surface area contributed by atoms with Crippen LogP contribution in [0.2, 0.25) is 0 Å². The topological polar surface area (TPSA) is 90.0 Å². The van der Waals surface area contributed by atoms with Gasteiger partial charge in [0.25, 0.3) is 10.2 Å². The lowest BCUT2D eigenvalue weighted by Crippen LogP contribution is -2.21. The molecular weight excluding hydrogens is 403 g/mol. The third-order valence-corrected chi connectivity index (χ3v) is 5.08. The van der Waals surface area contributed by atoms with E-state index in [0.29, 0.717) is 5.69 Å². The van der Waals surface area contributed by atoms with Crippen molar-refractivity contribution in [2.45, 2.75) is 6.92 Å². The summed E-state index contributed by atoms with van der Waals surface area (Å²) in [5.41, 5.74) is 5.78. The number of nitrogens with two attached hydrogens (primary N) is 1. The first-order valence-corrected chi connectivity index (χ1v) is 10.7. The van der Waals surface area contributed by atoms with Crippen LogP contribution in [0.3, 0.4) is 0 Å². The van der Waals surface area contributed by atoms with E-state index in [4.69, 9.17) is 5.14 Å². The van der Waals surface area contributed by atoms with Gasteiger partial charge in [-0.1, -0.05) is 36.4 Å². The highest BCUT2D eigenvalue weighted by molar-refractivity contribution is 7.90. The van der Waals surface area contributed by atoms with Crippen molar-refractivity contribution in [3.63, 3.8) is 0 Å². The number of rotatable bonds is 5. The minimum atomic E-state index is -3.82. The molecule has 3 aromatic carbocycles. The molecule has 0 aliphatic heterocycles. The van der Waals surface area contributed by atoms with Gasteiger partial charge in [0.1, 0.15) is 5.82 Å². The van der Waals surface area contributed by atoms with E-state index in [1.807, 2.05) is 37.3 Å².